The number of nitrogens with zero attached hydrogens (tertiary/aromatic N) is 1. The van der Waals surface area contributed by atoms with Crippen molar-refractivity contribution in [2.45, 2.75) is 26.3 Å². The second kappa shape index (κ2) is 6.52. The molecule has 0 aliphatic heterocycles. The minimum absolute atomic E-state index is 0.0604. The lowest BCUT2D eigenvalue weighted by Crippen LogP contribution is -2.34. The molecule has 1 atom stereocenters. The Balaban J connectivity index is 2.02. The number of aryl methyl sites for hydroxylation is 1. The third kappa shape index (κ3) is 3.81. The van der Waals surface area contributed by atoms with Crippen LogP contribution in [-0.4, -0.2) is 24.0 Å². The van der Waals surface area contributed by atoms with Gasteiger partial charge in [0.2, 0.25) is 0 Å². The predicted molar refractivity (Wildman–Crippen MR) is 83.5 cm³/mol. The summed E-state index contributed by atoms with van der Waals surface area (Å²) in [6, 6.07) is 5.75. The van der Waals surface area contributed by atoms with Crippen LogP contribution in [0.15, 0.2) is 29.0 Å². The quantitative estimate of drug-likeness (QED) is 0.890. The van der Waals surface area contributed by atoms with Crippen molar-refractivity contribution in [3.8, 4) is 0 Å². The van der Waals surface area contributed by atoms with Crippen LogP contribution >= 0.6 is 11.3 Å². The molecule has 2 N–H and O–H groups in total. The van der Waals surface area contributed by atoms with E-state index >= 15 is 0 Å². The van der Waals surface area contributed by atoms with Crippen molar-refractivity contribution in [2.75, 3.05) is 12.4 Å². The average Bonchev–Trinajstić information content (AvgIpc) is 2.90. The number of carbonyl (C=O) groups is 1. The minimum Gasteiger partial charge on any atom is -0.373 e. The van der Waals surface area contributed by atoms with Gasteiger partial charge < -0.3 is 10.6 Å². The zero-order valence-electron chi connectivity index (χ0n) is 11.9. The summed E-state index contributed by atoms with van der Waals surface area (Å²) >= 11 is 1.67. The van der Waals surface area contributed by atoms with E-state index in [-0.39, 0.29) is 11.9 Å². The lowest BCUT2D eigenvalue weighted by atomic mass is 10.1. The van der Waals surface area contributed by atoms with Crippen LogP contribution in [0.25, 0.3) is 0 Å². The molecule has 4 nitrogen and oxygen atoms in total. The summed E-state index contributed by atoms with van der Waals surface area (Å²) in [4.78, 5) is 16.5. The highest BCUT2D eigenvalue weighted by atomic mass is 32.1. The van der Waals surface area contributed by atoms with Crippen molar-refractivity contribution in [3.63, 3.8) is 0 Å². The Hall–Kier alpha value is -1.88. The lowest BCUT2D eigenvalue weighted by molar-refractivity contribution is 0.0940. The first-order valence-corrected chi connectivity index (χ1v) is 7.51. The maximum absolute atomic E-state index is 12.2. The third-order valence-electron chi connectivity index (χ3n) is 2.97. The Morgan fingerprint density at radius 2 is 2.25 bits per heavy atom. The SMILES string of the molecule is CNc1cc(C(=O)NC(C)Cc2ccsc2)cc(C)n1. The molecule has 0 aliphatic carbocycles. The van der Waals surface area contributed by atoms with Crippen LogP contribution in [-0.2, 0) is 6.42 Å². The van der Waals surface area contributed by atoms with E-state index < -0.39 is 0 Å². The highest BCUT2D eigenvalue weighted by molar-refractivity contribution is 7.07. The molecule has 20 heavy (non-hydrogen) atoms. The number of nitrogens with one attached hydrogen (secondary N) is 2. The number of pyridine rings is 1. The standard InChI is InChI=1S/C15H19N3OS/c1-10(6-12-4-5-20-9-12)18-15(19)13-7-11(2)17-14(8-13)16-3/h4-5,7-10H,6H2,1-3H3,(H,16,17)(H,18,19). The van der Waals surface area contributed by atoms with Gasteiger partial charge in [-0.15, -0.1) is 0 Å². The molecule has 0 aromatic carbocycles. The third-order valence-corrected chi connectivity index (χ3v) is 3.70. The smallest absolute Gasteiger partial charge is 0.251 e. The lowest BCUT2D eigenvalue weighted by Gasteiger charge is -2.14. The maximum Gasteiger partial charge on any atom is 0.251 e. The number of hydrogen-bond donors (Lipinski definition) is 2. The highest BCUT2D eigenvalue weighted by Gasteiger charge is 2.12. The van der Waals surface area contributed by atoms with Gasteiger partial charge in [-0.25, -0.2) is 4.98 Å². The Morgan fingerprint density at radius 3 is 2.90 bits per heavy atom. The van der Waals surface area contributed by atoms with Gasteiger partial charge in [0.1, 0.15) is 5.82 Å². The molecule has 0 spiro atoms. The van der Waals surface area contributed by atoms with Crippen molar-refractivity contribution >= 4 is 23.1 Å². The second-order valence-electron chi connectivity index (χ2n) is 4.84. The minimum atomic E-state index is -0.0604. The summed E-state index contributed by atoms with van der Waals surface area (Å²) < 4.78 is 0. The van der Waals surface area contributed by atoms with E-state index in [0.717, 1.165) is 12.1 Å². The number of thiophene rings is 1. The van der Waals surface area contributed by atoms with Crippen LogP contribution in [0, 0.1) is 6.92 Å². The number of amides is 1. The number of anilines is 1. The fraction of sp³-hybridized carbons (Fsp3) is 0.333. The van der Waals surface area contributed by atoms with Crippen LogP contribution in [0.2, 0.25) is 0 Å². The van der Waals surface area contributed by atoms with Crippen molar-refractivity contribution < 1.29 is 4.79 Å². The molecule has 1 unspecified atom stereocenters. The molecule has 2 heterocycles. The molecule has 0 bridgehead atoms. The average molecular weight is 289 g/mol. The largest absolute Gasteiger partial charge is 0.373 e. The van der Waals surface area contributed by atoms with Gasteiger partial charge in [0, 0.05) is 24.3 Å². The highest BCUT2D eigenvalue weighted by Crippen LogP contribution is 2.11. The van der Waals surface area contributed by atoms with Crippen LogP contribution in [0.1, 0.15) is 28.5 Å². The van der Waals surface area contributed by atoms with E-state index in [0.29, 0.717) is 11.4 Å². The second-order valence-corrected chi connectivity index (χ2v) is 5.62. The summed E-state index contributed by atoms with van der Waals surface area (Å²) in [5, 5.41) is 10.1. The fourth-order valence-corrected chi connectivity index (χ4v) is 2.73. The Morgan fingerprint density at radius 1 is 1.45 bits per heavy atom. The zero-order valence-corrected chi connectivity index (χ0v) is 12.8. The van der Waals surface area contributed by atoms with E-state index in [1.807, 2.05) is 13.8 Å². The van der Waals surface area contributed by atoms with Crippen molar-refractivity contribution in [2.24, 2.45) is 0 Å². The van der Waals surface area contributed by atoms with Crippen molar-refractivity contribution in [3.05, 3.63) is 45.8 Å². The molecule has 2 rings (SSSR count). The van der Waals surface area contributed by atoms with E-state index in [9.17, 15) is 4.79 Å². The summed E-state index contributed by atoms with van der Waals surface area (Å²) in [7, 11) is 1.79. The normalized spacial score (nSPS) is 11.9. The van der Waals surface area contributed by atoms with Crippen LogP contribution in [0.4, 0.5) is 5.82 Å². The van der Waals surface area contributed by atoms with Gasteiger partial charge >= 0.3 is 0 Å². The van der Waals surface area contributed by atoms with Gasteiger partial charge in [0.15, 0.2) is 0 Å². The first kappa shape index (κ1) is 14.5. The molecule has 5 heteroatoms. The van der Waals surface area contributed by atoms with Crippen LogP contribution in [0.5, 0.6) is 0 Å². The zero-order chi connectivity index (χ0) is 14.5. The van der Waals surface area contributed by atoms with Gasteiger partial charge in [-0.3, -0.25) is 4.79 Å². The number of hydrogen-bond acceptors (Lipinski definition) is 4. The molecule has 1 amide bonds. The molecule has 2 aromatic heterocycles. The van der Waals surface area contributed by atoms with E-state index in [2.05, 4.69) is 32.4 Å². The van der Waals surface area contributed by atoms with Gasteiger partial charge in [-0.05, 0) is 54.8 Å². The van der Waals surface area contributed by atoms with Gasteiger partial charge in [0.25, 0.3) is 5.91 Å². The van der Waals surface area contributed by atoms with E-state index in [4.69, 9.17) is 0 Å². The molecule has 0 radical (unpaired) electrons. The Bertz CT molecular complexity index is 581. The molecule has 0 saturated carbocycles. The summed E-state index contributed by atoms with van der Waals surface area (Å²) in [5.41, 5.74) is 2.72. The molecule has 0 fully saturated rings. The van der Waals surface area contributed by atoms with Gasteiger partial charge in [-0.1, -0.05) is 0 Å². The van der Waals surface area contributed by atoms with Crippen molar-refractivity contribution in [1.29, 1.82) is 0 Å². The van der Waals surface area contributed by atoms with Crippen LogP contribution < -0.4 is 10.6 Å². The molecular weight excluding hydrogens is 270 g/mol. The summed E-state index contributed by atoms with van der Waals surface area (Å²) in [6.45, 7) is 3.90. The van der Waals surface area contributed by atoms with Crippen LogP contribution in [0.3, 0.4) is 0 Å². The summed E-state index contributed by atoms with van der Waals surface area (Å²) in [5.74, 6) is 0.648. The monoisotopic (exact) mass is 289 g/mol. The van der Waals surface area contributed by atoms with E-state index in [1.165, 1.54) is 5.56 Å². The molecule has 0 saturated heterocycles. The topological polar surface area (TPSA) is 54.0 Å². The molecule has 2 aromatic rings. The van der Waals surface area contributed by atoms with Gasteiger partial charge in [-0.2, -0.15) is 11.3 Å². The number of rotatable bonds is 5. The Kier molecular flexibility index (Phi) is 4.74. The first-order chi connectivity index (χ1) is 9.58. The fourth-order valence-electron chi connectivity index (χ4n) is 2.05. The predicted octanol–water partition coefficient (Wildman–Crippen LogP) is 2.85. The Labute approximate surface area is 123 Å². The van der Waals surface area contributed by atoms with E-state index in [1.54, 1.807) is 30.5 Å². The van der Waals surface area contributed by atoms with Gasteiger partial charge in [0.05, 0.1) is 0 Å². The molecule has 106 valence electrons. The molecule has 0 aliphatic rings. The maximum atomic E-state index is 12.2. The number of carbonyl (C=O) groups excluding carboxylic acids is 1. The van der Waals surface area contributed by atoms with Crippen molar-refractivity contribution in [1.82, 2.24) is 10.3 Å². The summed E-state index contributed by atoms with van der Waals surface area (Å²) in [6.07, 6.45) is 0.845. The molecular formula is C15H19N3OS. The number of aromatic nitrogens is 1. The first-order valence-electron chi connectivity index (χ1n) is 6.57.